The summed E-state index contributed by atoms with van der Waals surface area (Å²) >= 11 is 0. The third kappa shape index (κ3) is 5.22. The van der Waals surface area contributed by atoms with E-state index in [1.54, 1.807) is 25.1 Å². The first-order chi connectivity index (χ1) is 18.5. The Balaban J connectivity index is 1.76. The number of aliphatic imine (C=N–C) groups is 1. The number of Topliss-reactive ketones (excluding diaryl/α,β-unsaturated/α-hetero) is 1. The van der Waals surface area contributed by atoms with Gasteiger partial charge < -0.3 is 50.0 Å². The average molecular weight is 545 g/mol. The molecule has 2 aliphatic heterocycles. The highest BCUT2D eigenvalue weighted by Gasteiger charge is 2.56. The number of rotatable bonds is 9. The van der Waals surface area contributed by atoms with Crippen LogP contribution in [0.2, 0.25) is 0 Å². The molecule has 12 heteroatoms. The second-order valence-electron chi connectivity index (χ2n) is 9.43. The Kier molecular flexibility index (Phi) is 8.25. The molecule has 1 saturated heterocycles. The van der Waals surface area contributed by atoms with Crippen LogP contribution in [0, 0.1) is 6.92 Å². The van der Waals surface area contributed by atoms with E-state index in [2.05, 4.69) is 4.99 Å². The van der Waals surface area contributed by atoms with Crippen molar-refractivity contribution in [3.05, 3.63) is 52.9 Å². The van der Waals surface area contributed by atoms with Gasteiger partial charge in [0.25, 0.3) is 0 Å². The van der Waals surface area contributed by atoms with Crippen LogP contribution in [-0.4, -0.2) is 93.2 Å². The molecule has 0 amide bonds. The summed E-state index contributed by atoms with van der Waals surface area (Å²) in [5.74, 6) is -1.11. The fourth-order valence-electron chi connectivity index (χ4n) is 4.67. The molecule has 0 radical (unpaired) electrons. The van der Waals surface area contributed by atoms with E-state index >= 15 is 0 Å². The Morgan fingerprint density at radius 3 is 2.56 bits per heavy atom. The highest BCUT2D eigenvalue weighted by molar-refractivity contribution is 6.08. The highest BCUT2D eigenvalue weighted by Crippen LogP contribution is 2.43. The fourth-order valence-corrected chi connectivity index (χ4v) is 4.67. The maximum Gasteiger partial charge on any atom is 0.234 e. The molecule has 210 valence electrons. The number of phenolic OH excluding ortho intramolecular Hbond substituents is 1. The van der Waals surface area contributed by atoms with Crippen molar-refractivity contribution in [3.8, 4) is 17.2 Å². The van der Waals surface area contributed by atoms with Crippen LogP contribution in [0.5, 0.6) is 17.2 Å². The van der Waals surface area contributed by atoms with Crippen LogP contribution in [0.1, 0.15) is 28.8 Å². The number of fused-ring (bicyclic) bond motifs is 1. The number of ether oxygens (including phenoxy) is 3. The number of allylic oxidation sites excluding steroid dienone is 3. The number of benzene rings is 2. The number of aliphatic hydroxyl groups excluding tert-OH is 4. The summed E-state index contributed by atoms with van der Waals surface area (Å²) in [7, 11) is 1.39. The number of hydrogen-bond donors (Lipinski definition) is 6. The third-order valence-corrected chi connectivity index (χ3v) is 6.91. The SMILES string of the molecule is COc1cc(O[C@H]2O[C@H](CO)[C@@H](O)[C@H](O)[C@]2(O)CO)c2c(O)c(C(=O)CCC([O-])=C3C=CN=C3)c(C)cc2c1. The Hall–Kier alpha value is -3.52. The first-order valence-electron chi connectivity index (χ1n) is 12.1. The molecule has 0 unspecified atom stereocenters. The zero-order valence-electron chi connectivity index (χ0n) is 21.3. The molecule has 0 bridgehead atoms. The normalized spacial score (nSPS) is 27.7. The van der Waals surface area contributed by atoms with Crippen LogP contribution >= 0.6 is 0 Å². The number of carbonyl (C=O) groups is 1. The smallest absolute Gasteiger partial charge is 0.234 e. The standard InChI is InChI=1S/C27H31NO11/c1-13-7-15-8-16(37-2)9-19(38-26-27(36,12-30)25(35)23(33)20(11-29)39-26)22(15)24(34)21(13)18(32)4-3-17(31)14-5-6-28-10-14/h5-10,20,23,25-26,29-31,33-36H,3-4,11-12H2,1-2H3/p-1/t20-,23-,25+,26+,27-/m1/s1. The number of hydrogen-bond acceptors (Lipinski definition) is 12. The van der Waals surface area contributed by atoms with Gasteiger partial charge in [-0.1, -0.05) is 6.07 Å². The number of ketones is 1. The van der Waals surface area contributed by atoms with Crippen molar-refractivity contribution >= 4 is 22.8 Å². The summed E-state index contributed by atoms with van der Waals surface area (Å²) in [4.78, 5) is 17.0. The molecule has 0 aliphatic carbocycles. The van der Waals surface area contributed by atoms with E-state index in [0.717, 1.165) is 0 Å². The summed E-state index contributed by atoms with van der Waals surface area (Å²) in [5, 5.41) is 75.0. The number of aliphatic hydroxyl groups is 5. The first kappa shape index (κ1) is 28.5. The summed E-state index contributed by atoms with van der Waals surface area (Å²) in [6, 6.07) is 4.52. The van der Waals surface area contributed by atoms with E-state index < -0.39 is 54.9 Å². The Morgan fingerprint density at radius 1 is 1.21 bits per heavy atom. The van der Waals surface area contributed by atoms with E-state index in [9.17, 15) is 40.5 Å². The Labute approximate surface area is 223 Å². The van der Waals surface area contributed by atoms with Crippen molar-refractivity contribution in [2.75, 3.05) is 20.3 Å². The predicted octanol–water partition coefficient (Wildman–Crippen LogP) is -0.421. The molecule has 2 heterocycles. The monoisotopic (exact) mass is 544 g/mol. The van der Waals surface area contributed by atoms with E-state index in [1.165, 1.54) is 25.6 Å². The van der Waals surface area contributed by atoms with Gasteiger partial charge in [-0.2, -0.15) is 0 Å². The van der Waals surface area contributed by atoms with Crippen molar-refractivity contribution in [1.82, 2.24) is 0 Å². The summed E-state index contributed by atoms with van der Waals surface area (Å²) < 4.78 is 16.6. The molecule has 2 aromatic carbocycles. The molecular formula is C27H30NO11-. The molecule has 0 saturated carbocycles. The van der Waals surface area contributed by atoms with E-state index in [4.69, 9.17) is 14.2 Å². The molecule has 39 heavy (non-hydrogen) atoms. The van der Waals surface area contributed by atoms with Crippen molar-refractivity contribution < 1.29 is 54.8 Å². The van der Waals surface area contributed by atoms with Gasteiger partial charge in [-0.15, -0.1) is 5.76 Å². The number of methoxy groups -OCH3 is 1. The number of carbonyl (C=O) groups excluding carboxylic acids is 1. The molecule has 0 aromatic heterocycles. The Bertz CT molecular complexity index is 1340. The summed E-state index contributed by atoms with van der Waals surface area (Å²) in [6.45, 7) is -0.202. The van der Waals surface area contributed by atoms with Crippen LogP contribution in [-0.2, 0) is 4.74 Å². The second-order valence-corrected chi connectivity index (χ2v) is 9.43. The Morgan fingerprint density at radius 2 is 1.95 bits per heavy atom. The number of nitrogens with zero attached hydrogens (tertiary/aromatic N) is 1. The van der Waals surface area contributed by atoms with Gasteiger partial charge >= 0.3 is 0 Å². The third-order valence-electron chi connectivity index (χ3n) is 6.91. The van der Waals surface area contributed by atoms with Crippen LogP contribution < -0.4 is 14.6 Å². The van der Waals surface area contributed by atoms with E-state index in [0.29, 0.717) is 16.5 Å². The van der Waals surface area contributed by atoms with Crippen LogP contribution in [0.3, 0.4) is 0 Å². The van der Waals surface area contributed by atoms with Gasteiger partial charge in [-0.3, -0.25) is 9.79 Å². The number of phenols is 1. The second kappa shape index (κ2) is 11.3. The average Bonchev–Trinajstić information content (AvgIpc) is 3.46. The van der Waals surface area contributed by atoms with Gasteiger partial charge in [-0.25, -0.2) is 0 Å². The maximum atomic E-state index is 13.2. The van der Waals surface area contributed by atoms with E-state index in [-0.39, 0.29) is 41.0 Å². The minimum absolute atomic E-state index is 0.0290. The molecular weight excluding hydrogens is 514 g/mol. The molecule has 2 aliphatic rings. The maximum absolute atomic E-state index is 13.2. The van der Waals surface area contributed by atoms with Gasteiger partial charge in [0.05, 0.1) is 31.3 Å². The van der Waals surface area contributed by atoms with Gasteiger partial charge in [0.15, 0.2) is 11.4 Å². The van der Waals surface area contributed by atoms with Crippen LogP contribution in [0.25, 0.3) is 10.8 Å². The van der Waals surface area contributed by atoms with E-state index in [1.807, 2.05) is 0 Å². The lowest BCUT2D eigenvalue weighted by molar-refractivity contribution is -0.327. The predicted molar refractivity (Wildman–Crippen MR) is 136 cm³/mol. The molecule has 1 fully saturated rings. The fraction of sp³-hybridized carbons (Fsp3) is 0.407. The van der Waals surface area contributed by atoms with Crippen LogP contribution in [0.15, 0.2) is 46.8 Å². The lowest BCUT2D eigenvalue weighted by Crippen LogP contribution is -2.69. The van der Waals surface area contributed by atoms with Gasteiger partial charge in [0.2, 0.25) is 6.29 Å². The van der Waals surface area contributed by atoms with Crippen molar-refractivity contribution in [2.45, 2.75) is 50.0 Å². The molecule has 12 nitrogen and oxygen atoms in total. The summed E-state index contributed by atoms with van der Waals surface area (Å²) in [5.41, 5.74) is -1.76. The lowest BCUT2D eigenvalue weighted by Gasteiger charge is -2.46. The number of aromatic hydroxyl groups is 1. The van der Waals surface area contributed by atoms with Crippen molar-refractivity contribution in [2.24, 2.45) is 4.99 Å². The molecule has 6 N–H and O–H groups in total. The highest BCUT2D eigenvalue weighted by atomic mass is 16.7. The minimum Gasteiger partial charge on any atom is -0.875 e. The lowest BCUT2D eigenvalue weighted by atomic mass is 9.87. The quantitative estimate of drug-likeness (QED) is 0.177. The van der Waals surface area contributed by atoms with Gasteiger partial charge in [0.1, 0.15) is 35.6 Å². The zero-order chi connectivity index (χ0) is 28.5. The number of aryl methyl sites for hydroxylation is 1. The van der Waals surface area contributed by atoms with Crippen molar-refractivity contribution in [3.63, 3.8) is 0 Å². The minimum atomic E-state index is -2.52. The van der Waals surface area contributed by atoms with Crippen LogP contribution in [0.4, 0.5) is 0 Å². The molecule has 0 spiro atoms. The topological polar surface area (TPSA) is 202 Å². The van der Waals surface area contributed by atoms with Gasteiger partial charge in [-0.05, 0) is 42.0 Å². The van der Waals surface area contributed by atoms with Gasteiger partial charge in [0, 0.05) is 24.9 Å². The molecule has 5 atom stereocenters. The first-order valence-corrected chi connectivity index (χ1v) is 12.1. The zero-order valence-corrected chi connectivity index (χ0v) is 21.3. The molecule has 4 rings (SSSR count). The largest absolute Gasteiger partial charge is 0.875 e. The summed E-state index contributed by atoms with van der Waals surface area (Å²) in [6.07, 6.45) is -2.74. The van der Waals surface area contributed by atoms with Crippen molar-refractivity contribution in [1.29, 1.82) is 0 Å². The molecule has 2 aromatic rings.